The number of aliphatic hydroxyl groups excluding tert-OH is 1. The second-order valence-electron chi connectivity index (χ2n) is 8.02. The summed E-state index contributed by atoms with van der Waals surface area (Å²) in [5.41, 5.74) is 5.79. The maximum Gasteiger partial charge on any atom is 0.328 e. The van der Waals surface area contributed by atoms with Crippen LogP contribution in [0.5, 0.6) is 0 Å². The van der Waals surface area contributed by atoms with E-state index in [0.29, 0.717) is 12.8 Å². The maximum atomic E-state index is 12.8. The third-order valence-corrected chi connectivity index (χ3v) is 5.12. The van der Waals surface area contributed by atoms with Gasteiger partial charge in [0.15, 0.2) is 6.04 Å². The Bertz CT molecular complexity index is 696. The number of hydrogen-bond donors (Lipinski definition) is 6. The predicted octanol–water partition coefficient (Wildman–Crippen LogP) is -1.74. The Morgan fingerprint density at radius 2 is 1.68 bits per heavy atom. The molecule has 7 N–H and O–H groups in total. The van der Waals surface area contributed by atoms with E-state index in [9.17, 15) is 29.1 Å². The highest BCUT2D eigenvalue weighted by Gasteiger charge is 2.38. The lowest BCUT2D eigenvalue weighted by Gasteiger charge is -2.30. The van der Waals surface area contributed by atoms with Crippen LogP contribution in [0.4, 0.5) is 0 Å². The molecule has 1 aliphatic rings. The molecule has 0 spiro atoms. The molecule has 0 bridgehead atoms. The zero-order valence-electron chi connectivity index (χ0n) is 17.9. The van der Waals surface area contributed by atoms with Gasteiger partial charge in [-0.2, -0.15) is 0 Å². The number of amides is 3. The number of carbonyl (C=O) groups is 5. The van der Waals surface area contributed by atoms with E-state index in [0.717, 1.165) is 0 Å². The summed E-state index contributed by atoms with van der Waals surface area (Å²) in [6, 6.07) is -4.56. The SMILES string of the molecule is CC(C)C(NC(=O)C1CCCN1C(=O)C(N)CCC(=O)O)C(=O)NC(C(=O)O)C(C)O. The number of carboxylic acids is 2. The van der Waals surface area contributed by atoms with Gasteiger partial charge in [-0.1, -0.05) is 13.8 Å². The van der Waals surface area contributed by atoms with Gasteiger partial charge in [0.1, 0.15) is 12.1 Å². The Balaban J connectivity index is 2.86. The predicted molar refractivity (Wildman–Crippen MR) is 108 cm³/mol. The van der Waals surface area contributed by atoms with Crippen LogP contribution in [-0.4, -0.2) is 86.7 Å². The largest absolute Gasteiger partial charge is 0.481 e. The standard InChI is InChI=1S/C19H32N4O8/c1-9(2)14(17(28)22-15(10(3)24)19(30)31)21-16(27)12-5-4-8-23(12)18(29)11(20)6-7-13(25)26/h9-12,14-15,24H,4-8,20H2,1-3H3,(H,21,27)(H,22,28)(H,25,26)(H,30,31). The third-order valence-electron chi connectivity index (χ3n) is 5.12. The number of aliphatic carboxylic acids is 2. The van der Waals surface area contributed by atoms with E-state index in [1.165, 1.54) is 11.8 Å². The highest BCUT2D eigenvalue weighted by molar-refractivity contribution is 5.94. The van der Waals surface area contributed by atoms with Gasteiger partial charge in [-0.15, -0.1) is 0 Å². The molecule has 0 aromatic rings. The van der Waals surface area contributed by atoms with Crippen LogP contribution in [0.1, 0.15) is 46.5 Å². The van der Waals surface area contributed by atoms with Crippen molar-refractivity contribution in [3.05, 3.63) is 0 Å². The van der Waals surface area contributed by atoms with Crippen molar-refractivity contribution in [2.75, 3.05) is 6.54 Å². The minimum absolute atomic E-state index is 0.0635. The fourth-order valence-electron chi connectivity index (χ4n) is 3.33. The molecule has 5 unspecified atom stereocenters. The number of nitrogens with zero attached hydrogens (tertiary/aromatic N) is 1. The third kappa shape index (κ3) is 7.47. The van der Waals surface area contributed by atoms with E-state index in [1.807, 2.05) is 0 Å². The Morgan fingerprint density at radius 3 is 2.16 bits per heavy atom. The summed E-state index contributed by atoms with van der Waals surface area (Å²) in [6.45, 7) is 4.81. The van der Waals surface area contributed by atoms with Crippen molar-refractivity contribution < 1.29 is 39.3 Å². The van der Waals surface area contributed by atoms with Gasteiger partial charge in [-0.25, -0.2) is 4.79 Å². The molecule has 5 atom stereocenters. The second kappa shape index (κ2) is 11.6. The van der Waals surface area contributed by atoms with Crippen molar-refractivity contribution in [1.29, 1.82) is 0 Å². The smallest absolute Gasteiger partial charge is 0.328 e. The van der Waals surface area contributed by atoms with Crippen LogP contribution in [0, 0.1) is 5.92 Å². The van der Waals surface area contributed by atoms with Gasteiger partial charge in [0.05, 0.1) is 12.1 Å². The molecule has 0 aromatic heterocycles. The number of carboxylic acid groups (broad SMARTS) is 2. The maximum absolute atomic E-state index is 12.8. The fourth-order valence-corrected chi connectivity index (χ4v) is 3.33. The number of carbonyl (C=O) groups excluding carboxylic acids is 3. The molecule has 1 heterocycles. The van der Waals surface area contributed by atoms with Gasteiger partial charge in [0, 0.05) is 13.0 Å². The summed E-state index contributed by atoms with van der Waals surface area (Å²) in [5.74, 6) is -4.80. The van der Waals surface area contributed by atoms with Crippen molar-refractivity contribution in [3.8, 4) is 0 Å². The summed E-state index contributed by atoms with van der Waals surface area (Å²) in [7, 11) is 0. The normalized spacial score (nSPS) is 19.9. The molecule has 0 radical (unpaired) electrons. The molecule has 176 valence electrons. The zero-order chi connectivity index (χ0) is 23.9. The molecule has 12 nitrogen and oxygen atoms in total. The highest BCUT2D eigenvalue weighted by Crippen LogP contribution is 2.20. The Hall–Kier alpha value is -2.73. The molecule has 0 aliphatic carbocycles. The quantitative estimate of drug-likeness (QED) is 0.214. The summed E-state index contributed by atoms with van der Waals surface area (Å²) >= 11 is 0. The molecule has 1 fully saturated rings. The minimum atomic E-state index is -1.54. The molecule has 31 heavy (non-hydrogen) atoms. The van der Waals surface area contributed by atoms with Crippen molar-refractivity contribution in [2.24, 2.45) is 11.7 Å². The molecular weight excluding hydrogens is 412 g/mol. The number of likely N-dealkylation sites (tertiary alicyclic amines) is 1. The average molecular weight is 444 g/mol. The van der Waals surface area contributed by atoms with Gasteiger partial charge < -0.3 is 36.6 Å². The number of hydrogen-bond acceptors (Lipinski definition) is 7. The van der Waals surface area contributed by atoms with Gasteiger partial charge >= 0.3 is 11.9 Å². The molecule has 12 heteroatoms. The van der Waals surface area contributed by atoms with Crippen molar-refractivity contribution >= 4 is 29.7 Å². The van der Waals surface area contributed by atoms with Gasteiger partial charge in [0.2, 0.25) is 17.7 Å². The highest BCUT2D eigenvalue weighted by atomic mass is 16.4. The lowest BCUT2D eigenvalue weighted by molar-refractivity contribution is -0.146. The Morgan fingerprint density at radius 1 is 1.06 bits per heavy atom. The van der Waals surface area contributed by atoms with Gasteiger partial charge in [0.25, 0.3) is 0 Å². The molecule has 1 aliphatic heterocycles. The minimum Gasteiger partial charge on any atom is -0.481 e. The van der Waals surface area contributed by atoms with E-state index in [1.54, 1.807) is 13.8 Å². The zero-order valence-corrected chi connectivity index (χ0v) is 17.9. The summed E-state index contributed by atoms with van der Waals surface area (Å²) in [4.78, 5) is 61.2. The summed E-state index contributed by atoms with van der Waals surface area (Å²) in [5, 5.41) is 32.2. The monoisotopic (exact) mass is 444 g/mol. The van der Waals surface area contributed by atoms with E-state index >= 15 is 0 Å². The first-order chi connectivity index (χ1) is 14.4. The van der Waals surface area contributed by atoms with Crippen molar-refractivity contribution in [1.82, 2.24) is 15.5 Å². The molecular formula is C19H32N4O8. The molecule has 3 amide bonds. The molecule has 1 rings (SSSR count). The van der Waals surface area contributed by atoms with E-state index in [2.05, 4.69) is 10.6 Å². The molecule has 1 saturated heterocycles. The summed E-state index contributed by atoms with van der Waals surface area (Å²) < 4.78 is 0. The van der Waals surface area contributed by atoms with E-state index < -0.39 is 65.8 Å². The second-order valence-corrected chi connectivity index (χ2v) is 8.02. The van der Waals surface area contributed by atoms with E-state index in [-0.39, 0.29) is 19.4 Å². The van der Waals surface area contributed by atoms with Crippen LogP contribution in [0.2, 0.25) is 0 Å². The average Bonchev–Trinajstić information content (AvgIpc) is 3.16. The number of aliphatic hydroxyl groups is 1. The van der Waals surface area contributed by atoms with Crippen molar-refractivity contribution in [2.45, 2.75) is 76.7 Å². The number of nitrogens with one attached hydrogen (secondary N) is 2. The Labute approximate surface area is 180 Å². The first-order valence-corrected chi connectivity index (χ1v) is 10.2. The number of rotatable bonds is 11. The van der Waals surface area contributed by atoms with Gasteiger partial charge in [-0.05, 0) is 32.1 Å². The lowest BCUT2D eigenvalue weighted by Crippen LogP contribution is -2.59. The fraction of sp³-hybridized carbons (Fsp3) is 0.737. The first kappa shape index (κ1) is 26.3. The Kier molecular flexibility index (Phi) is 9.85. The van der Waals surface area contributed by atoms with Crippen LogP contribution < -0.4 is 16.4 Å². The van der Waals surface area contributed by atoms with Crippen LogP contribution in [0.15, 0.2) is 0 Å². The topological polar surface area (TPSA) is 199 Å². The van der Waals surface area contributed by atoms with Crippen LogP contribution in [-0.2, 0) is 24.0 Å². The van der Waals surface area contributed by atoms with Crippen LogP contribution >= 0.6 is 0 Å². The van der Waals surface area contributed by atoms with Crippen molar-refractivity contribution in [3.63, 3.8) is 0 Å². The van der Waals surface area contributed by atoms with Crippen LogP contribution in [0.3, 0.4) is 0 Å². The van der Waals surface area contributed by atoms with Gasteiger partial charge in [-0.3, -0.25) is 19.2 Å². The summed E-state index contributed by atoms with van der Waals surface area (Å²) in [6.07, 6.45) is -0.800. The number of nitrogens with two attached hydrogens (primary N) is 1. The molecule has 0 aromatic carbocycles. The van der Waals surface area contributed by atoms with Crippen LogP contribution in [0.25, 0.3) is 0 Å². The molecule has 0 saturated carbocycles. The lowest BCUT2D eigenvalue weighted by atomic mass is 10.0. The first-order valence-electron chi connectivity index (χ1n) is 10.2. The van der Waals surface area contributed by atoms with E-state index in [4.69, 9.17) is 15.9 Å².